The molecular formula is C25H20BrN3O4S. The van der Waals surface area contributed by atoms with E-state index >= 15 is 0 Å². The number of rotatable bonds is 3. The van der Waals surface area contributed by atoms with Crippen LogP contribution in [0, 0.1) is 15.5 Å². The molecule has 0 spiro atoms. The third kappa shape index (κ3) is 3.99. The minimum Gasteiger partial charge on any atom is -0.294 e. The Bertz CT molecular complexity index is 1580. The van der Waals surface area contributed by atoms with E-state index in [0.29, 0.717) is 33.3 Å². The molecule has 7 nitrogen and oxygen atoms in total. The van der Waals surface area contributed by atoms with Crippen molar-refractivity contribution in [3.8, 4) is 0 Å². The number of allylic oxidation sites excluding steroid dienone is 2. The Labute approximate surface area is 207 Å². The molecule has 9 heteroatoms. The van der Waals surface area contributed by atoms with Gasteiger partial charge in [0.05, 0.1) is 21.2 Å². The van der Waals surface area contributed by atoms with Crippen molar-refractivity contribution in [1.82, 2.24) is 4.57 Å². The number of fused-ring (bicyclic) bond motifs is 1. The van der Waals surface area contributed by atoms with Gasteiger partial charge in [0, 0.05) is 28.6 Å². The molecule has 2 aliphatic rings. The van der Waals surface area contributed by atoms with Crippen molar-refractivity contribution in [2.75, 3.05) is 0 Å². The summed E-state index contributed by atoms with van der Waals surface area (Å²) in [7, 11) is 0. The molecule has 2 aromatic carbocycles. The van der Waals surface area contributed by atoms with Crippen LogP contribution >= 0.6 is 27.3 Å². The van der Waals surface area contributed by atoms with Gasteiger partial charge in [-0.15, -0.1) is 0 Å². The Balaban J connectivity index is 1.76. The summed E-state index contributed by atoms with van der Waals surface area (Å²) in [5.74, 6) is 0.00735. The number of halogens is 1. The van der Waals surface area contributed by atoms with E-state index in [2.05, 4.69) is 29.8 Å². The highest BCUT2D eigenvalue weighted by Crippen LogP contribution is 2.43. The van der Waals surface area contributed by atoms with Gasteiger partial charge in [-0.3, -0.25) is 24.3 Å². The Hall–Kier alpha value is -3.17. The molecule has 0 N–H and O–H groups in total. The molecule has 5 rings (SSSR count). The number of non-ortho nitro benzene ring substituents is 1. The van der Waals surface area contributed by atoms with Crippen molar-refractivity contribution < 1.29 is 9.72 Å². The number of carbonyl (C=O) groups excluding carboxylic acids is 1. The van der Waals surface area contributed by atoms with Gasteiger partial charge < -0.3 is 0 Å². The first-order valence-corrected chi connectivity index (χ1v) is 12.3. The van der Waals surface area contributed by atoms with Crippen LogP contribution in [0.5, 0.6) is 0 Å². The van der Waals surface area contributed by atoms with Crippen molar-refractivity contribution in [2.24, 2.45) is 10.4 Å². The molecule has 1 aliphatic carbocycles. The van der Waals surface area contributed by atoms with Crippen LogP contribution in [-0.4, -0.2) is 15.3 Å². The highest BCUT2D eigenvalue weighted by atomic mass is 79.9. The summed E-state index contributed by atoms with van der Waals surface area (Å²) < 4.78 is 2.85. The summed E-state index contributed by atoms with van der Waals surface area (Å²) in [4.78, 5) is 42.9. The lowest BCUT2D eigenvalue weighted by atomic mass is 9.73. The van der Waals surface area contributed by atoms with E-state index in [1.165, 1.54) is 23.5 Å². The number of carbonyl (C=O) groups is 1. The largest absolute Gasteiger partial charge is 0.294 e. The van der Waals surface area contributed by atoms with E-state index in [0.717, 1.165) is 15.7 Å². The minimum atomic E-state index is -0.570. The topological polar surface area (TPSA) is 94.6 Å². The SMILES string of the molecule is CC1(C)CC(=O)C2=C(C1)N=c1sc(=Cc3cccc([N+](=O)[O-])c3)c(=O)n1C2c1cccc(Br)c1. The van der Waals surface area contributed by atoms with Crippen molar-refractivity contribution in [1.29, 1.82) is 0 Å². The number of nitro groups is 1. The number of Topliss-reactive ketones (excluding diaryl/α,β-unsaturated/α-hetero) is 1. The molecule has 172 valence electrons. The number of benzene rings is 2. The standard InChI is InChI=1S/C25H20BrN3O4S/c1-25(2)12-18-21(19(30)13-25)22(15-6-4-7-16(26)11-15)28-23(31)20(34-24(28)27-18)10-14-5-3-8-17(9-14)29(32)33/h3-11,22H,12-13H2,1-2H3. The number of aromatic nitrogens is 1. The normalized spacial score (nSPS) is 19.4. The fraction of sp³-hybridized carbons (Fsp3) is 0.240. The van der Waals surface area contributed by atoms with E-state index in [1.807, 2.05) is 24.3 Å². The Morgan fingerprint density at radius 1 is 1.18 bits per heavy atom. The smallest absolute Gasteiger partial charge is 0.271 e. The predicted molar refractivity (Wildman–Crippen MR) is 133 cm³/mol. The molecule has 0 fully saturated rings. The third-order valence-electron chi connectivity index (χ3n) is 6.04. The maximum atomic E-state index is 13.6. The Morgan fingerprint density at radius 2 is 1.94 bits per heavy atom. The first kappa shape index (κ1) is 22.6. The second kappa shape index (κ2) is 8.25. The van der Waals surface area contributed by atoms with Crippen LogP contribution in [0.1, 0.15) is 43.9 Å². The van der Waals surface area contributed by atoms with Gasteiger partial charge in [0.25, 0.3) is 11.2 Å². The lowest BCUT2D eigenvalue weighted by Crippen LogP contribution is -2.42. The summed E-state index contributed by atoms with van der Waals surface area (Å²) >= 11 is 4.74. The summed E-state index contributed by atoms with van der Waals surface area (Å²) in [6, 6.07) is 13.2. The van der Waals surface area contributed by atoms with E-state index in [-0.39, 0.29) is 22.4 Å². The summed E-state index contributed by atoms with van der Waals surface area (Å²) in [6.45, 7) is 4.10. The predicted octanol–water partition coefficient (Wildman–Crippen LogP) is 4.28. The summed E-state index contributed by atoms with van der Waals surface area (Å²) in [6.07, 6.45) is 2.69. The summed E-state index contributed by atoms with van der Waals surface area (Å²) in [5.41, 5.74) is 2.16. The molecule has 0 amide bonds. The van der Waals surface area contributed by atoms with E-state index < -0.39 is 11.0 Å². The lowest BCUT2D eigenvalue weighted by molar-refractivity contribution is -0.384. The van der Waals surface area contributed by atoms with Crippen LogP contribution in [-0.2, 0) is 4.79 Å². The van der Waals surface area contributed by atoms with Crippen LogP contribution in [0.3, 0.4) is 0 Å². The van der Waals surface area contributed by atoms with Crippen LogP contribution < -0.4 is 14.9 Å². The molecule has 1 aromatic heterocycles. The molecule has 2 heterocycles. The van der Waals surface area contributed by atoms with E-state index in [4.69, 9.17) is 4.99 Å². The number of hydrogen-bond acceptors (Lipinski definition) is 6. The monoisotopic (exact) mass is 537 g/mol. The van der Waals surface area contributed by atoms with E-state index in [1.54, 1.807) is 22.8 Å². The zero-order chi connectivity index (χ0) is 24.2. The Kier molecular flexibility index (Phi) is 5.49. The van der Waals surface area contributed by atoms with Crippen LogP contribution in [0.25, 0.3) is 6.08 Å². The number of nitrogens with zero attached hydrogens (tertiary/aromatic N) is 3. The van der Waals surface area contributed by atoms with Gasteiger partial charge in [0.1, 0.15) is 0 Å². The first-order chi connectivity index (χ1) is 16.1. The van der Waals surface area contributed by atoms with Crippen LogP contribution in [0.15, 0.2) is 74.1 Å². The van der Waals surface area contributed by atoms with Gasteiger partial charge in [-0.1, -0.05) is 65.4 Å². The fourth-order valence-corrected chi connectivity index (χ4v) is 6.06. The van der Waals surface area contributed by atoms with Crippen molar-refractivity contribution in [2.45, 2.75) is 32.7 Å². The van der Waals surface area contributed by atoms with Gasteiger partial charge in [-0.2, -0.15) is 0 Å². The minimum absolute atomic E-state index is 0.00735. The van der Waals surface area contributed by atoms with Crippen molar-refractivity contribution >= 4 is 44.8 Å². The molecule has 0 saturated heterocycles. The maximum absolute atomic E-state index is 13.6. The average molecular weight is 538 g/mol. The fourth-order valence-electron chi connectivity index (χ4n) is 4.62. The molecule has 1 aliphatic heterocycles. The molecule has 0 bridgehead atoms. The van der Waals surface area contributed by atoms with Gasteiger partial charge in [0.15, 0.2) is 10.6 Å². The molecule has 34 heavy (non-hydrogen) atoms. The van der Waals surface area contributed by atoms with Gasteiger partial charge >= 0.3 is 0 Å². The molecule has 3 aromatic rings. The molecule has 1 unspecified atom stereocenters. The van der Waals surface area contributed by atoms with Gasteiger partial charge in [-0.25, -0.2) is 4.99 Å². The van der Waals surface area contributed by atoms with Gasteiger partial charge in [0.2, 0.25) is 0 Å². The Morgan fingerprint density at radius 3 is 2.68 bits per heavy atom. The van der Waals surface area contributed by atoms with Crippen molar-refractivity contribution in [3.05, 3.63) is 105 Å². The maximum Gasteiger partial charge on any atom is 0.271 e. The van der Waals surface area contributed by atoms with Crippen LogP contribution in [0.4, 0.5) is 5.69 Å². The molecule has 0 radical (unpaired) electrons. The lowest BCUT2D eigenvalue weighted by Gasteiger charge is -2.35. The number of ketones is 1. The number of hydrogen-bond donors (Lipinski definition) is 0. The number of thiazole rings is 1. The van der Waals surface area contributed by atoms with Crippen LogP contribution in [0.2, 0.25) is 0 Å². The highest BCUT2D eigenvalue weighted by molar-refractivity contribution is 9.10. The first-order valence-electron chi connectivity index (χ1n) is 10.7. The average Bonchev–Trinajstić information content (AvgIpc) is 3.06. The van der Waals surface area contributed by atoms with Crippen molar-refractivity contribution in [3.63, 3.8) is 0 Å². The number of nitro benzene ring substituents is 1. The van der Waals surface area contributed by atoms with Gasteiger partial charge in [-0.05, 0) is 41.2 Å². The molecule has 0 saturated carbocycles. The molecular weight excluding hydrogens is 518 g/mol. The second-order valence-electron chi connectivity index (χ2n) is 9.29. The molecule has 1 atom stereocenters. The third-order valence-corrected chi connectivity index (χ3v) is 7.51. The summed E-state index contributed by atoms with van der Waals surface area (Å²) in [5, 5.41) is 11.2. The van der Waals surface area contributed by atoms with E-state index in [9.17, 15) is 19.7 Å². The zero-order valence-corrected chi connectivity index (χ0v) is 20.9. The quantitative estimate of drug-likeness (QED) is 0.368. The highest BCUT2D eigenvalue weighted by Gasteiger charge is 2.40. The second-order valence-corrected chi connectivity index (χ2v) is 11.2. The zero-order valence-electron chi connectivity index (χ0n) is 18.4.